The molecule has 4 nitrogen and oxygen atoms in total. The number of benzene rings is 1. The van der Waals surface area contributed by atoms with Gasteiger partial charge in [-0.05, 0) is 37.5 Å². The van der Waals surface area contributed by atoms with Gasteiger partial charge in [-0.3, -0.25) is 4.79 Å². The third kappa shape index (κ3) is 2.65. The summed E-state index contributed by atoms with van der Waals surface area (Å²) in [5.41, 5.74) is 3.42. The predicted molar refractivity (Wildman–Crippen MR) is 74.2 cm³/mol. The SMILES string of the molecule is CC1(C)COCC(c2ccc3c(c2)CCC(=O)N3)N1. The first-order valence-electron chi connectivity index (χ1n) is 6.82. The van der Waals surface area contributed by atoms with E-state index in [9.17, 15) is 4.79 Å². The minimum Gasteiger partial charge on any atom is -0.378 e. The molecule has 2 heterocycles. The van der Waals surface area contributed by atoms with E-state index < -0.39 is 0 Å². The second kappa shape index (κ2) is 4.62. The summed E-state index contributed by atoms with van der Waals surface area (Å²) in [4.78, 5) is 11.4. The largest absolute Gasteiger partial charge is 0.378 e. The van der Waals surface area contributed by atoms with Crippen LogP contribution in [0, 0.1) is 0 Å². The predicted octanol–water partition coefficient (Wildman–Crippen LogP) is 2.01. The third-order valence-corrected chi connectivity index (χ3v) is 3.74. The fraction of sp³-hybridized carbons (Fsp3) is 0.533. The van der Waals surface area contributed by atoms with E-state index in [4.69, 9.17) is 4.74 Å². The molecule has 0 spiro atoms. The quantitative estimate of drug-likeness (QED) is 0.812. The van der Waals surface area contributed by atoms with Crippen LogP contribution in [-0.4, -0.2) is 24.7 Å². The number of hydrogen-bond acceptors (Lipinski definition) is 3. The van der Waals surface area contributed by atoms with Crippen LogP contribution in [0.5, 0.6) is 0 Å². The van der Waals surface area contributed by atoms with E-state index in [1.165, 1.54) is 11.1 Å². The highest BCUT2D eigenvalue weighted by Crippen LogP contribution is 2.28. The molecule has 1 aromatic rings. The van der Waals surface area contributed by atoms with Gasteiger partial charge in [0.2, 0.25) is 5.91 Å². The standard InChI is InChI=1S/C15H20N2O2/c1-15(2)9-19-8-13(17-15)11-3-5-12-10(7-11)4-6-14(18)16-12/h3,5,7,13,17H,4,6,8-9H2,1-2H3,(H,16,18). The number of fused-ring (bicyclic) bond motifs is 1. The molecule has 0 radical (unpaired) electrons. The molecule has 1 aromatic carbocycles. The van der Waals surface area contributed by atoms with Gasteiger partial charge in [0.05, 0.1) is 19.3 Å². The first-order valence-corrected chi connectivity index (χ1v) is 6.82. The maximum absolute atomic E-state index is 11.4. The molecule has 0 bridgehead atoms. The summed E-state index contributed by atoms with van der Waals surface area (Å²) >= 11 is 0. The van der Waals surface area contributed by atoms with Crippen molar-refractivity contribution in [1.29, 1.82) is 0 Å². The summed E-state index contributed by atoms with van der Waals surface area (Å²) in [6.45, 7) is 5.74. The van der Waals surface area contributed by atoms with E-state index in [2.05, 4.69) is 36.6 Å². The van der Waals surface area contributed by atoms with Gasteiger partial charge in [-0.1, -0.05) is 12.1 Å². The Morgan fingerprint density at radius 2 is 2.16 bits per heavy atom. The number of aryl methyl sites for hydroxylation is 1. The van der Waals surface area contributed by atoms with Gasteiger partial charge >= 0.3 is 0 Å². The van der Waals surface area contributed by atoms with Crippen LogP contribution in [0.2, 0.25) is 0 Å². The van der Waals surface area contributed by atoms with E-state index in [-0.39, 0.29) is 17.5 Å². The molecule has 1 fully saturated rings. The van der Waals surface area contributed by atoms with Gasteiger partial charge < -0.3 is 15.4 Å². The number of carbonyl (C=O) groups is 1. The average molecular weight is 260 g/mol. The van der Waals surface area contributed by atoms with E-state index in [0.717, 1.165) is 18.7 Å². The van der Waals surface area contributed by atoms with Crippen LogP contribution in [0.4, 0.5) is 5.69 Å². The Labute approximate surface area is 113 Å². The lowest BCUT2D eigenvalue weighted by atomic mass is 9.94. The molecule has 1 unspecified atom stereocenters. The highest BCUT2D eigenvalue weighted by molar-refractivity contribution is 5.93. The van der Waals surface area contributed by atoms with Crippen molar-refractivity contribution in [2.75, 3.05) is 18.5 Å². The number of carbonyl (C=O) groups excluding carboxylic acids is 1. The molecule has 102 valence electrons. The highest BCUT2D eigenvalue weighted by atomic mass is 16.5. The topological polar surface area (TPSA) is 50.4 Å². The molecule has 2 aliphatic rings. The van der Waals surface area contributed by atoms with Gasteiger partial charge in [0.1, 0.15) is 0 Å². The van der Waals surface area contributed by atoms with E-state index in [1.54, 1.807) is 0 Å². The lowest BCUT2D eigenvalue weighted by Gasteiger charge is -2.37. The molecule has 19 heavy (non-hydrogen) atoms. The van der Waals surface area contributed by atoms with Crippen molar-refractivity contribution in [2.24, 2.45) is 0 Å². The van der Waals surface area contributed by atoms with Crippen LogP contribution in [0.15, 0.2) is 18.2 Å². The summed E-state index contributed by atoms with van der Waals surface area (Å²) in [6, 6.07) is 6.50. The van der Waals surface area contributed by atoms with E-state index >= 15 is 0 Å². The van der Waals surface area contributed by atoms with Crippen molar-refractivity contribution in [3.63, 3.8) is 0 Å². The fourth-order valence-electron chi connectivity index (χ4n) is 2.79. The van der Waals surface area contributed by atoms with Crippen molar-refractivity contribution in [2.45, 2.75) is 38.3 Å². The second-order valence-electron chi connectivity index (χ2n) is 6.06. The number of amides is 1. The number of nitrogens with one attached hydrogen (secondary N) is 2. The Hall–Kier alpha value is -1.39. The van der Waals surface area contributed by atoms with E-state index in [0.29, 0.717) is 13.0 Å². The summed E-state index contributed by atoms with van der Waals surface area (Å²) in [5, 5.41) is 6.53. The van der Waals surface area contributed by atoms with Crippen LogP contribution in [0.1, 0.15) is 37.4 Å². The number of hydrogen-bond donors (Lipinski definition) is 2. The zero-order valence-electron chi connectivity index (χ0n) is 11.5. The highest BCUT2D eigenvalue weighted by Gasteiger charge is 2.29. The molecule has 1 atom stereocenters. The average Bonchev–Trinajstić information content (AvgIpc) is 2.37. The first kappa shape index (κ1) is 12.6. The Morgan fingerprint density at radius 1 is 1.32 bits per heavy atom. The normalized spacial score (nSPS) is 25.6. The van der Waals surface area contributed by atoms with Crippen molar-refractivity contribution in [3.8, 4) is 0 Å². The molecule has 0 aliphatic carbocycles. The van der Waals surface area contributed by atoms with Crippen molar-refractivity contribution < 1.29 is 9.53 Å². The van der Waals surface area contributed by atoms with Crippen LogP contribution in [0.25, 0.3) is 0 Å². The minimum atomic E-state index is 0.00698. The monoisotopic (exact) mass is 260 g/mol. The smallest absolute Gasteiger partial charge is 0.224 e. The van der Waals surface area contributed by atoms with Crippen molar-refractivity contribution in [1.82, 2.24) is 5.32 Å². The molecule has 2 N–H and O–H groups in total. The molecule has 4 heteroatoms. The van der Waals surface area contributed by atoms with Gasteiger partial charge in [0.25, 0.3) is 0 Å². The number of anilines is 1. The van der Waals surface area contributed by atoms with Gasteiger partial charge in [0.15, 0.2) is 0 Å². The molecule has 1 saturated heterocycles. The number of ether oxygens (including phenoxy) is 1. The number of morpholine rings is 1. The van der Waals surface area contributed by atoms with Crippen LogP contribution in [-0.2, 0) is 16.0 Å². The minimum absolute atomic E-state index is 0.00698. The fourth-order valence-corrected chi connectivity index (χ4v) is 2.79. The van der Waals surface area contributed by atoms with Crippen LogP contribution in [0.3, 0.4) is 0 Å². The summed E-state index contributed by atoms with van der Waals surface area (Å²) in [5.74, 6) is 0.112. The molecule has 1 amide bonds. The van der Waals surface area contributed by atoms with Gasteiger partial charge in [-0.25, -0.2) is 0 Å². The van der Waals surface area contributed by atoms with Crippen LogP contribution >= 0.6 is 0 Å². The van der Waals surface area contributed by atoms with Gasteiger partial charge in [0, 0.05) is 17.6 Å². The summed E-state index contributed by atoms with van der Waals surface area (Å²) < 4.78 is 5.68. The zero-order chi connectivity index (χ0) is 13.5. The van der Waals surface area contributed by atoms with Crippen molar-refractivity contribution in [3.05, 3.63) is 29.3 Å². The van der Waals surface area contributed by atoms with Gasteiger partial charge in [-0.15, -0.1) is 0 Å². The van der Waals surface area contributed by atoms with Gasteiger partial charge in [-0.2, -0.15) is 0 Å². The summed E-state index contributed by atoms with van der Waals surface area (Å²) in [6.07, 6.45) is 1.41. The van der Waals surface area contributed by atoms with Crippen LogP contribution < -0.4 is 10.6 Å². The Bertz CT molecular complexity index is 511. The molecular weight excluding hydrogens is 240 g/mol. The maximum atomic E-state index is 11.4. The molecule has 0 aromatic heterocycles. The Kier molecular flexibility index (Phi) is 3.07. The van der Waals surface area contributed by atoms with E-state index in [1.807, 2.05) is 6.07 Å². The van der Waals surface area contributed by atoms with Crippen molar-refractivity contribution >= 4 is 11.6 Å². The molecule has 2 aliphatic heterocycles. The molecular formula is C15H20N2O2. The first-order chi connectivity index (χ1) is 9.03. The Morgan fingerprint density at radius 3 is 2.95 bits per heavy atom. The lowest BCUT2D eigenvalue weighted by molar-refractivity contribution is -0.116. The Balaban J connectivity index is 1.84. The third-order valence-electron chi connectivity index (χ3n) is 3.74. The zero-order valence-corrected chi connectivity index (χ0v) is 11.5. The maximum Gasteiger partial charge on any atom is 0.224 e. The summed E-state index contributed by atoms with van der Waals surface area (Å²) in [7, 11) is 0. The lowest BCUT2D eigenvalue weighted by Crippen LogP contribution is -2.51. The second-order valence-corrected chi connectivity index (χ2v) is 6.06. The molecule has 3 rings (SSSR count). The number of rotatable bonds is 1. The molecule has 0 saturated carbocycles.